The first-order valence-electron chi connectivity index (χ1n) is 10.6. The van der Waals surface area contributed by atoms with E-state index in [0.717, 1.165) is 23.9 Å². The van der Waals surface area contributed by atoms with Gasteiger partial charge in [0.25, 0.3) is 0 Å². The fourth-order valence-corrected chi connectivity index (χ4v) is 2.86. The molecule has 0 unspecified atom stereocenters. The number of nitrogens with one attached hydrogen (secondary N) is 2. The number of benzene rings is 2. The maximum atomic E-state index is 5.92. The summed E-state index contributed by atoms with van der Waals surface area (Å²) in [6.07, 6.45) is 0. The first-order chi connectivity index (χ1) is 14.7. The van der Waals surface area contributed by atoms with Gasteiger partial charge in [0.1, 0.15) is 12.4 Å². The van der Waals surface area contributed by atoms with E-state index < -0.39 is 0 Å². The SMILES string of the molecule is CCOCCOc1cc(C)ccc1CNC(=NC)NCc1ccc(COCC)cc1. The first kappa shape index (κ1) is 23.7. The first-order valence-corrected chi connectivity index (χ1v) is 10.6. The van der Waals surface area contributed by atoms with Gasteiger partial charge in [-0.3, -0.25) is 4.99 Å². The lowest BCUT2D eigenvalue weighted by Crippen LogP contribution is -2.36. The van der Waals surface area contributed by atoms with Crippen LogP contribution in [0.2, 0.25) is 0 Å². The Morgan fingerprint density at radius 3 is 2.27 bits per heavy atom. The normalized spacial score (nSPS) is 11.4. The van der Waals surface area contributed by atoms with E-state index in [0.29, 0.717) is 39.5 Å². The minimum atomic E-state index is 0.538. The van der Waals surface area contributed by atoms with Crippen molar-refractivity contribution in [2.45, 2.75) is 40.5 Å². The van der Waals surface area contributed by atoms with Gasteiger partial charge in [-0.15, -0.1) is 0 Å². The number of guanidine groups is 1. The Morgan fingerprint density at radius 2 is 1.57 bits per heavy atom. The highest BCUT2D eigenvalue weighted by molar-refractivity contribution is 5.79. The Balaban J connectivity index is 1.86. The van der Waals surface area contributed by atoms with Crippen LogP contribution in [-0.2, 0) is 29.2 Å². The molecule has 0 aliphatic heterocycles. The van der Waals surface area contributed by atoms with Gasteiger partial charge in [-0.2, -0.15) is 0 Å². The van der Waals surface area contributed by atoms with Crippen molar-refractivity contribution in [2.24, 2.45) is 4.99 Å². The van der Waals surface area contributed by atoms with Crippen LogP contribution in [0, 0.1) is 6.92 Å². The summed E-state index contributed by atoms with van der Waals surface area (Å²) in [5.74, 6) is 1.62. The molecule has 0 amide bonds. The molecule has 0 aliphatic carbocycles. The topological polar surface area (TPSA) is 64.1 Å². The van der Waals surface area contributed by atoms with Crippen LogP contribution in [0.25, 0.3) is 0 Å². The van der Waals surface area contributed by atoms with Gasteiger partial charge < -0.3 is 24.8 Å². The summed E-state index contributed by atoms with van der Waals surface area (Å²) in [5.41, 5.74) is 4.62. The lowest BCUT2D eigenvalue weighted by atomic mass is 10.1. The zero-order valence-corrected chi connectivity index (χ0v) is 18.7. The van der Waals surface area contributed by atoms with Crippen molar-refractivity contribution < 1.29 is 14.2 Å². The van der Waals surface area contributed by atoms with Gasteiger partial charge in [0.05, 0.1) is 13.2 Å². The Bertz CT molecular complexity index is 776. The minimum absolute atomic E-state index is 0.538. The molecule has 0 radical (unpaired) electrons. The molecule has 2 aromatic rings. The molecular weight excluding hydrogens is 378 g/mol. The molecule has 0 saturated carbocycles. The molecule has 2 N–H and O–H groups in total. The molecule has 0 saturated heterocycles. The molecule has 30 heavy (non-hydrogen) atoms. The van der Waals surface area contributed by atoms with Crippen molar-refractivity contribution in [3.05, 3.63) is 64.7 Å². The predicted molar refractivity (Wildman–Crippen MR) is 122 cm³/mol. The Labute approximate surface area is 180 Å². The average molecular weight is 414 g/mol. The second-order valence-corrected chi connectivity index (χ2v) is 6.89. The summed E-state index contributed by atoms with van der Waals surface area (Å²) in [5, 5.41) is 6.72. The molecule has 0 atom stereocenters. The van der Waals surface area contributed by atoms with E-state index in [1.165, 1.54) is 16.7 Å². The smallest absolute Gasteiger partial charge is 0.191 e. The van der Waals surface area contributed by atoms with Gasteiger partial charge in [-0.1, -0.05) is 36.4 Å². The van der Waals surface area contributed by atoms with Crippen LogP contribution < -0.4 is 15.4 Å². The molecule has 6 nitrogen and oxygen atoms in total. The van der Waals surface area contributed by atoms with Gasteiger partial charge >= 0.3 is 0 Å². The van der Waals surface area contributed by atoms with Crippen molar-refractivity contribution in [2.75, 3.05) is 33.5 Å². The molecule has 6 heteroatoms. The average Bonchev–Trinajstić information content (AvgIpc) is 2.77. The second-order valence-electron chi connectivity index (χ2n) is 6.89. The number of ether oxygens (including phenoxy) is 3. The number of nitrogens with zero attached hydrogens (tertiary/aromatic N) is 1. The zero-order valence-electron chi connectivity index (χ0n) is 18.7. The number of hydrogen-bond acceptors (Lipinski definition) is 4. The second kappa shape index (κ2) is 13.6. The minimum Gasteiger partial charge on any atom is -0.491 e. The quantitative estimate of drug-likeness (QED) is 0.315. The van der Waals surface area contributed by atoms with Crippen LogP contribution >= 0.6 is 0 Å². The molecule has 0 heterocycles. The summed E-state index contributed by atoms with van der Waals surface area (Å²) in [4.78, 5) is 4.32. The van der Waals surface area contributed by atoms with E-state index >= 15 is 0 Å². The highest BCUT2D eigenvalue weighted by Crippen LogP contribution is 2.20. The van der Waals surface area contributed by atoms with Crippen LogP contribution in [0.15, 0.2) is 47.5 Å². The molecular formula is C24H35N3O3. The van der Waals surface area contributed by atoms with E-state index in [1.807, 2.05) is 13.8 Å². The number of aliphatic imine (C=N–C) groups is 1. The lowest BCUT2D eigenvalue weighted by Gasteiger charge is -2.16. The fourth-order valence-electron chi connectivity index (χ4n) is 2.86. The number of hydrogen-bond donors (Lipinski definition) is 2. The van der Waals surface area contributed by atoms with E-state index in [-0.39, 0.29) is 0 Å². The van der Waals surface area contributed by atoms with E-state index in [9.17, 15) is 0 Å². The van der Waals surface area contributed by atoms with Crippen LogP contribution in [0.1, 0.15) is 36.1 Å². The number of aryl methyl sites for hydroxylation is 1. The van der Waals surface area contributed by atoms with Crippen LogP contribution in [-0.4, -0.2) is 39.4 Å². The van der Waals surface area contributed by atoms with Crippen molar-refractivity contribution in [3.8, 4) is 5.75 Å². The van der Waals surface area contributed by atoms with Gasteiger partial charge in [-0.25, -0.2) is 0 Å². The summed E-state index contributed by atoms with van der Waals surface area (Å²) < 4.78 is 16.7. The molecule has 0 fully saturated rings. The monoisotopic (exact) mass is 413 g/mol. The van der Waals surface area contributed by atoms with E-state index in [4.69, 9.17) is 14.2 Å². The van der Waals surface area contributed by atoms with Gasteiger partial charge in [-0.05, 0) is 43.5 Å². The van der Waals surface area contributed by atoms with Gasteiger partial charge in [0, 0.05) is 38.9 Å². The zero-order chi connectivity index (χ0) is 21.6. The molecule has 0 aliphatic rings. The summed E-state index contributed by atoms with van der Waals surface area (Å²) in [6.45, 7) is 10.6. The molecule has 0 bridgehead atoms. The third kappa shape index (κ3) is 8.43. The molecule has 2 rings (SSSR count). The van der Waals surface area contributed by atoms with Crippen LogP contribution in [0.5, 0.6) is 5.75 Å². The Hall–Kier alpha value is -2.57. The molecule has 2 aromatic carbocycles. The fraction of sp³-hybridized carbons (Fsp3) is 0.458. The maximum Gasteiger partial charge on any atom is 0.191 e. The standard InChI is InChI=1S/C24H35N3O3/c1-5-28-13-14-30-23-15-19(3)7-12-22(23)17-27-24(25-4)26-16-20-8-10-21(11-9-20)18-29-6-2/h7-12,15H,5-6,13-14,16-18H2,1-4H3,(H2,25,26,27). The predicted octanol–water partition coefficient (Wildman–Crippen LogP) is 3.81. The van der Waals surface area contributed by atoms with E-state index in [1.54, 1.807) is 7.05 Å². The lowest BCUT2D eigenvalue weighted by molar-refractivity contribution is 0.110. The molecule has 0 aromatic heterocycles. The van der Waals surface area contributed by atoms with Crippen LogP contribution in [0.3, 0.4) is 0 Å². The summed E-state index contributed by atoms with van der Waals surface area (Å²) in [6, 6.07) is 14.7. The van der Waals surface area contributed by atoms with E-state index in [2.05, 4.69) is 65.0 Å². The van der Waals surface area contributed by atoms with Crippen molar-refractivity contribution in [3.63, 3.8) is 0 Å². The van der Waals surface area contributed by atoms with Crippen molar-refractivity contribution >= 4 is 5.96 Å². The third-order valence-corrected chi connectivity index (χ3v) is 4.54. The highest BCUT2D eigenvalue weighted by atomic mass is 16.5. The van der Waals surface area contributed by atoms with Gasteiger partial charge in [0.2, 0.25) is 0 Å². The largest absolute Gasteiger partial charge is 0.491 e. The summed E-state index contributed by atoms with van der Waals surface area (Å²) >= 11 is 0. The Morgan fingerprint density at radius 1 is 0.867 bits per heavy atom. The molecule has 164 valence electrons. The van der Waals surface area contributed by atoms with Gasteiger partial charge in [0.15, 0.2) is 5.96 Å². The van der Waals surface area contributed by atoms with Crippen LogP contribution in [0.4, 0.5) is 0 Å². The Kier molecular flexibility index (Phi) is 10.8. The van der Waals surface area contributed by atoms with Crippen molar-refractivity contribution in [1.29, 1.82) is 0 Å². The summed E-state index contributed by atoms with van der Waals surface area (Å²) in [7, 11) is 1.77. The van der Waals surface area contributed by atoms with Crippen molar-refractivity contribution in [1.82, 2.24) is 10.6 Å². The highest BCUT2D eigenvalue weighted by Gasteiger charge is 2.06. The number of rotatable bonds is 12. The third-order valence-electron chi connectivity index (χ3n) is 4.54. The molecule has 0 spiro atoms. The maximum absolute atomic E-state index is 5.92.